The lowest BCUT2D eigenvalue weighted by atomic mass is 10.1. The summed E-state index contributed by atoms with van der Waals surface area (Å²) in [6, 6.07) is -0.155. The second-order valence-electron chi connectivity index (χ2n) is 3.40. The SMILES string of the molecule is C=CCCCC(C=C)NC(=O)OCC(Cl)(Cl)Cl. The summed E-state index contributed by atoms with van der Waals surface area (Å²) in [5.74, 6) is 0. The number of allylic oxidation sites excluding steroid dienone is 1. The van der Waals surface area contributed by atoms with E-state index in [-0.39, 0.29) is 12.6 Å². The second-order valence-corrected chi connectivity index (χ2v) is 5.91. The lowest BCUT2D eigenvalue weighted by Gasteiger charge is -2.16. The van der Waals surface area contributed by atoms with Crippen molar-refractivity contribution in [1.29, 1.82) is 0 Å². The molecule has 0 rings (SSSR count). The van der Waals surface area contributed by atoms with Crippen molar-refractivity contribution in [3.63, 3.8) is 0 Å². The van der Waals surface area contributed by atoms with Crippen LogP contribution >= 0.6 is 34.8 Å². The molecule has 0 aromatic rings. The smallest absolute Gasteiger partial charge is 0.407 e. The fourth-order valence-corrected chi connectivity index (χ4v) is 1.24. The maximum atomic E-state index is 11.3. The standard InChI is InChI=1S/C11H16Cl3NO2/c1-3-5-6-7-9(4-2)15-10(16)17-8-11(12,13)14/h3-4,9H,1-2,5-8H2,(H,15,16). The van der Waals surface area contributed by atoms with Crippen molar-refractivity contribution in [3.8, 4) is 0 Å². The van der Waals surface area contributed by atoms with Crippen LogP contribution in [0, 0.1) is 0 Å². The Labute approximate surface area is 117 Å². The Morgan fingerprint density at radius 1 is 1.41 bits per heavy atom. The van der Waals surface area contributed by atoms with Crippen LogP contribution in [0.5, 0.6) is 0 Å². The molecular formula is C11H16Cl3NO2. The van der Waals surface area contributed by atoms with Gasteiger partial charge in [0.05, 0.1) is 6.04 Å². The third-order valence-corrected chi connectivity index (χ3v) is 2.21. The maximum Gasteiger partial charge on any atom is 0.407 e. The molecule has 98 valence electrons. The van der Waals surface area contributed by atoms with Crippen LogP contribution in [0.2, 0.25) is 0 Å². The number of carbonyl (C=O) groups excluding carboxylic acids is 1. The molecule has 0 aliphatic rings. The molecule has 0 bridgehead atoms. The quantitative estimate of drug-likeness (QED) is 0.438. The van der Waals surface area contributed by atoms with Crippen LogP contribution in [0.4, 0.5) is 4.79 Å². The van der Waals surface area contributed by atoms with Crippen molar-refractivity contribution in [3.05, 3.63) is 25.3 Å². The number of alkyl halides is 3. The number of nitrogens with one attached hydrogen (secondary N) is 1. The van der Waals surface area contributed by atoms with E-state index < -0.39 is 9.89 Å². The fourth-order valence-electron chi connectivity index (χ4n) is 1.07. The maximum absolute atomic E-state index is 11.3. The number of unbranched alkanes of at least 4 members (excludes halogenated alkanes) is 1. The summed E-state index contributed by atoms with van der Waals surface area (Å²) in [7, 11) is 0. The molecular weight excluding hydrogens is 284 g/mol. The van der Waals surface area contributed by atoms with Crippen molar-refractivity contribution in [1.82, 2.24) is 5.32 Å². The highest BCUT2D eigenvalue weighted by molar-refractivity contribution is 6.67. The zero-order chi connectivity index (χ0) is 13.3. The number of hydrogen-bond acceptors (Lipinski definition) is 2. The van der Waals surface area contributed by atoms with Gasteiger partial charge in [0, 0.05) is 0 Å². The van der Waals surface area contributed by atoms with Gasteiger partial charge in [0.2, 0.25) is 3.79 Å². The largest absolute Gasteiger partial charge is 0.445 e. The van der Waals surface area contributed by atoms with Crippen LogP contribution in [0.1, 0.15) is 19.3 Å². The van der Waals surface area contributed by atoms with Crippen LogP contribution in [-0.4, -0.2) is 22.5 Å². The summed E-state index contributed by atoms with van der Waals surface area (Å²) < 4.78 is 3.14. The van der Waals surface area contributed by atoms with Gasteiger partial charge in [0.25, 0.3) is 0 Å². The van der Waals surface area contributed by atoms with Gasteiger partial charge in [-0.3, -0.25) is 0 Å². The topological polar surface area (TPSA) is 38.3 Å². The van der Waals surface area contributed by atoms with Gasteiger partial charge in [-0.05, 0) is 19.3 Å². The van der Waals surface area contributed by atoms with Crippen molar-refractivity contribution in [2.24, 2.45) is 0 Å². The van der Waals surface area contributed by atoms with Gasteiger partial charge >= 0.3 is 6.09 Å². The van der Waals surface area contributed by atoms with Gasteiger partial charge in [-0.25, -0.2) is 4.79 Å². The van der Waals surface area contributed by atoms with Gasteiger partial charge in [0.15, 0.2) is 0 Å². The third kappa shape index (κ3) is 10.5. The molecule has 1 unspecified atom stereocenters. The first-order valence-electron chi connectivity index (χ1n) is 5.12. The number of carbonyl (C=O) groups is 1. The zero-order valence-electron chi connectivity index (χ0n) is 9.43. The van der Waals surface area contributed by atoms with Gasteiger partial charge in [-0.15, -0.1) is 13.2 Å². The summed E-state index contributed by atoms with van der Waals surface area (Å²) in [5.41, 5.74) is 0. The predicted molar refractivity (Wildman–Crippen MR) is 72.8 cm³/mol. The third-order valence-electron chi connectivity index (χ3n) is 1.88. The number of rotatable bonds is 7. The minimum absolute atomic E-state index is 0.155. The van der Waals surface area contributed by atoms with Crippen LogP contribution < -0.4 is 5.32 Å². The van der Waals surface area contributed by atoms with E-state index in [2.05, 4.69) is 18.5 Å². The summed E-state index contributed by atoms with van der Waals surface area (Å²) in [5, 5.41) is 2.61. The highest BCUT2D eigenvalue weighted by Gasteiger charge is 2.22. The molecule has 0 aromatic carbocycles. The molecule has 6 heteroatoms. The average molecular weight is 301 g/mol. The lowest BCUT2D eigenvalue weighted by Crippen LogP contribution is -2.35. The van der Waals surface area contributed by atoms with Crippen molar-refractivity contribution in [2.45, 2.75) is 29.1 Å². The monoisotopic (exact) mass is 299 g/mol. The molecule has 1 amide bonds. The van der Waals surface area contributed by atoms with Crippen LogP contribution in [0.3, 0.4) is 0 Å². The molecule has 0 saturated carbocycles. The minimum atomic E-state index is -1.59. The summed E-state index contributed by atoms with van der Waals surface area (Å²) in [6.45, 7) is 6.95. The van der Waals surface area contributed by atoms with E-state index in [4.69, 9.17) is 39.5 Å². The zero-order valence-corrected chi connectivity index (χ0v) is 11.7. The molecule has 0 aromatic heterocycles. The Bertz CT molecular complexity index is 264. The van der Waals surface area contributed by atoms with Crippen molar-refractivity contribution in [2.75, 3.05) is 6.61 Å². The number of hydrogen-bond donors (Lipinski definition) is 1. The Morgan fingerprint density at radius 3 is 2.53 bits per heavy atom. The molecule has 0 saturated heterocycles. The molecule has 0 radical (unpaired) electrons. The second kappa shape index (κ2) is 8.67. The molecule has 0 aliphatic carbocycles. The lowest BCUT2D eigenvalue weighted by molar-refractivity contribution is 0.145. The van der Waals surface area contributed by atoms with Gasteiger partial charge in [-0.1, -0.05) is 47.0 Å². The summed E-state index contributed by atoms with van der Waals surface area (Å²) in [4.78, 5) is 11.3. The number of amides is 1. The Balaban J connectivity index is 3.89. The van der Waals surface area contributed by atoms with E-state index in [1.807, 2.05) is 6.08 Å². The molecule has 0 fully saturated rings. The Kier molecular flexibility index (Phi) is 8.48. The molecule has 1 N–H and O–H groups in total. The van der Waals surface area contributed by atoms with E-state index in [1.165, 1.54) is 0 Å². The number of alkyl carbamates (subject to hydrolysis) is 1. The van der Waals surface area contributed by atoms with Crippen LogP contribution in [0.25, 0.3) is 0 Å². The normalized spacial score (nSPS) is 12.6. The number of halogens is 3. The highest BCUT2D eigenvalue weighted by Crippen LogP contribution is 2.25. The molecule has 0 aliphatic heterocycles. The minimum Gasteiger partial charge on any atom is -0.445 e. The van der Waals surface area contributed by atoms with Crippen LogP contribution in [-0.2, 0) is 4.74 Å². The molecule has 17 heavy (non-hydrogen) atoms. The Morgan fingerprint density at radius 2 is 2.06 bits per heavy atom. The van der Waals surface area contributed by atoms with Crippen molar-refractivity contribution < 1.29 is 9.53 Å². The van der Waals surface area contributed by atoms with Crippen LogP contribution in [0.15, 0.2) is 25.3 Å². The first kappa shape index (κ1) is 16.6. The summed E-state index contributed by atoms with van der Waals surface area (Å²) in [6.07, 6.45) is 5.39. The van der Waals surface area contributed by atoms with Gasteiger partial charge in [0.1, 0.15) is 6.61 Å². The van der Waals surface area contributed by atoms with Crippen molar-refractivity contribution >= 4 is 40.9 Å². The molecule has 0 heterocycles. The van der Waals surface area contributed by atoms with E-state index in [1.54, 1.807) is 6.08 Å². The van der Waals surface area contributed by atoms with E-state index in [0.29, 0.717) is 0 Å². The first-order valence-corrected chi connectivity index (χ1v) is 6.26. The molecule has 0 spiro atoms. The van der Waals surface area contributed by atoms with E-state index >= 15 is 0 Å². The Hall–Kier alpha value is -0.380. The highest BCUT2D eigenvalue weighted by atomic mass is 35.6. The van der Waals surface area contributed by atoms with E-state index in [9.17, 15) is 4.79 Å². The van der Waals surface area contributed by atoms with E-state index in [0.717, 1.165) is 19.3 Å². The molecule has 3 nitrogen and oxygen atoms in total. The fraction of sp³-hybridized carbons (Fsp3) is 0.545. The predicted octanol–water partition coefficient (Wildman–Crippen LogP) is 3.99. The van der Waals surface area contributed by atoms with Gasteiger partial charge < -0.3 is 10.1 Å². The average Bonchev–Trinajstić information content (AvgIpc) is 2.24. The van der Waals surface area contributed by atoms with Gasteiger partial charge in [-0.2, -0.15) is 0 Å². The molecule has 1 atom stereocenters. The summed E-state index contributed by atoms with van der Waals surface area (Å²) >= 11 is 16.3. The number of ether oxygens (including phenoxy) is 1. The first-order chi connectivity index (χ1) is 7.89.